The van der Waals surface area contributed by atoms with Crippen LogP contribution in [0, 0.1) is 13.8 Å². The predicted octanol–water partition coefficient (Wildman–Crippen LogP) is 4.52. The molecule has 1 saturated heterocycles. The van der Waals surface area contributed by atoms with Gasteiger partial charge in [0.05, 0.1) is 6.54 Å². The lowest BCUT2D eigenvalue weighted by Crippen LogP contribution is -2.36. The molecule has 6 heteroatoms. The summed E-state index contributed by atoms with van der Waals surface area (Å²) < 4.78 is 11.4. The van der Waals surface area contributed by atoms with Gasteiger partial charge in [0.2, 0.25) is 5.91 Å². The van der Waals surface area contributed by atoms with Crippen LogP contribution in [0.3, 0.4) is 0 Å². The molecule has 1 aliphatic rings. The minimum absolute atomic E-state index is 0.0644. The first-order valence-corrected chi connectivity index (χ1v) is 12.1. The number of benzene rings is 2. The highest BCUT2D eigenvalue weighted by Crippen LogP contribution is 2.21. The fourth-order valence-electron chi connectivity index (χ4n) is 4.32. The SMILES string of the molecule is CCOC(OCC)c1ccc(CN2CCCN(CC(=O)Nc3c(C)cccc3C)CC2)cc1. The van der Waals surface area contributed by atoms with E-state index in [9.17, 15) is 4.79 Å². The first-order valence-electron chi connectivity index (χ1n) is 12.1. The third kappa shape index (κ3) is 7.64. The lowest BCUT2D eigenvalue weighted by molar-refractivity contribution is -0.140. The fourth-order valence-corrected chi connectivity index (χ4v) is 4.32. The number of amides is 1. The van der Waals surface area contributed by atoms with Crippen LogP contribution in [0.15, 0.2) is 42.5 Å². The predicted molar refractivity (Wildman–Crippen MR) is 133 cm³/mol. The lowest BCUT2D eigenvalue weighted by atomic mass is 10.1. The molecule has 6 nitrogen and oxygen atoms in total. The average Bonchev–Trinajstić information content (AvgIpc) is 3.02. The summed E-state index contributed by atoms with van der Waals surface area (Å²) in [6.07, 6.45) is 0.765. The van der Waals surface area contributed by atoms with E-state index in [1.165, 1.54) is 5.56 Å². The molecule has 0 radical (unpaired) electrons. The van der Waals surface area contributed by atoms with Crippen molar-refractivity contribution in [1.29, 1.82) is 0 Å². The highest BCUT2D eigenvalue weighted by Gasteiger charge is 2.18. The standard InChI is InChI=1S/C27H39N3O3/c1-5-32-27(33-6-2)24-13-11-23(12-14-24)19-29-15-8-16-30(18-17-29)20-25(31)28-26-21(3)9-7-10-22(26)4/h7,9-14,27H,5-6,8,15-20H2,1-4H3,(H,28,31). The highest BCUT2D eigenvalue weighted by atomic mass is 16.7. The number of nitrogens with one attached hydrogen (secondary N) is 1. The van der Waals surface area contributed by atoms with Crippen molar-refractivity contribution in [2.24, 2.45) is 0 Å². The highest BCUT2D eigenvalue weighted by molar-refractivity contribution is 5.93. The van der Waals surface area contributed by atoms with Crippen molar-refractivity contribution in [3.8, 4) is 0 Å². The van der Waals surface area contributed by atoms with E-state index >= 15 is 0 Å². The van der Waals surface area contributed by atoms with E-state index in [1.807, 2.05) is 45.9 Å². The number of rotatable bonds is 10. The number of ether oxygens (including phenoxy) is 2. The molecule has 0 bridgehead atoms. The van der Waals surface area contributed by atoms with E-state index in [-0.39, 0.29) is 12.2 Å². The second-order valence-electron chi connectivity index (χ2n) is 8.71. The van der Waals surface area contributed by atoms with Crippen molar-refractivity contribution in [1.82, 2.24) is 9.80 Å². The monoisotopic (exact) mass is 453 g/mol. The minimum atomic E-state index is -0.296. The Labute approximate surface area is 198 Å². The van der Waals surface area contributed by atoms with Crippen molar-refractivity contribution in [3.63, 3.8) is 0 Å². The molecule has 0 aliphatic carbocycles. The van der Waals surface area contributed by atoms with Gasteiger partial charge in [-0.1, -0.05) is 42.5 Å². The van der Waals surface area contributed by atoms with E-state index in [2.05, 4.69) is 39.4 Å². The summed E-state index contributed by atoms with van der Waals surface area (Å²) in [4.78, 5) is 17.4. The molecule has 1 heterocycles. The van der Waals surface area contributed by atoms with Crippen LogP contribution in [0.5, 0.6) is 0 Å². The van der Waals surface area contributed by atoms with Gasteiger partial charge in [0.25, 0.3) is 0 Å². The van der Waals surface area contributed by atoms with Gasteiger partial charge in [0, 0.05) is 44.1 Å². The molecule has 33 heavy (non-hydrogen) atoms. The summed E-state index contributed by atoms with van der Waals surface area (Å²) in [5.74, 6) is 0.0644. The molecule has 1 aliphatic heterocycles. The number of hydrogen-bond acceptors (Lipinski definition) is 5. The molecule has 1 fully saturated rings. The van der Waals surface area contributed by atoms with Crippen LogP contribution < -0.4 is 5.32 Å². The van der Waals surface area contributed by atoms with Crippen LogP contribution in [0.2, 0.25) is 0 Å². The molecule has 0 spiro atoms. The molecule has 180 valence electrons. The summed E-state index contributed by atoms with van der Waals surface area (Å²) in [6.45, 7) is 14.5. The zero-order valence-electron chi connectivity index (χ0n) is 20.6. The van der Waals surface area contributed by atoms with Crippen molar-refractivity contribution < 1.29 is 14.3 Å². The van der Waals surface area contributed by atoms with Crippen molar-refractivity contribution in [3.05, 3.63) is 64.7 Å². The average molecular weight is 454 g/mol. The molecular weight excluding hydrogens is 414 g/mol. The Morgan fingerprint density at radius 1 is 0.909 bits per heavy atom. The van der Waals surface area contributed by atoms with Gasteiger partial charge < -0.3 is 14.8 Å². The normalized spacial score (nSPS) is 15.5. The van der Waals surface area contributed by atoms with Crippen LogP contribution in [0.1, 0.15) is 48.8 Å². The largest absolute Gasteiger partial charge is 0.349 e. The van der Waals surface area contributed by atoms with Gasteiger partial charge in [-0.05, 0) is 63.9 Å². The number of para-hydroxylation sites is 1. The Bertz CT molecular complexity index is 858. The molecule has 1 amide bonds. The number of nitrogens with zero attached hydrogens (tertiary/aromatic N) is 2. The maximum Gasteiger partial charge on any atom is 0.238 e. The zero-order chi connectivity index (χ0) is 23.6. The van der Waals surface area contributed by atoms with E-state index < -0.39 is 0 Å². The van der Waals surface area contributed by atoms with Gasteiger partial charge in [0.1, 0.15) is 0 Å². The fraction of sp³-hybridized carbons (Fsp3) is 0.519. The zero-order valence-corrected chi connectivity index (χ0v) is 20.6. The maximum absolute atomic E-state index is 12.7. The molecular formula is C27H39N3O3. The Kier molecular flexibility index (Phi) is 9.88. The second-order valence-corrected chi connectivity index (χ2v) is 8.71. The number of anilines is 1. The quantitative estimate of drug-likeness (QED) is 0.536. The Hall–Kier alpha value is -2.25. The third-order valence-electron chi connectivity index (χ3n) is 6.09. The second kappa shape index (κ2) is 12.8. The first-order chi connectivity index (χ1) is 16.0. The maximum atomic E-state index is 12.7. The van der Waals surface area contributed by atoms with Crippen molar-refractivity contribution in [2.45, 2.75) is 47.0 Å². The van der Waals surface area contributed by atoms with Crippen LogP contribution in [0.25, 0.3) is 0 Å². The van der Waals surface area contributed by atoms with Gasteiger partial charge in [-0.2, -0.15) is 0 Å². The summed E-state index contributed by atoms with van der Waals surface area (Å²) in [7, 11) is 0. The van der Waals surface area contributed by atoms with Gasteiger partial charge in [0.15, 0.2) is 6.29 Å². The Morgan fingerprint density at radius 3 is 2.15 bits per heavy atom. The first kappa shape index (κ1) is 25.4. The Morgan fingerprint density at radius 2 is 1.52 bits per heavy atom. The van der Waals surface area contributed by atoms with E-state index in [0.717, 1.165) is 61.5 Å². The van der Waals surface area contributed by atoms with Crippen molar-refractivity contribution >= 4 is 11.6 Å². The Balaban J connectivity index is 1.49. The van der Waals surface area contributed by atoms with E-state index in [1.54, 1.807) is 0 Å². The molecule has 2 aromatic rings. The van der Waals surface area contributed by atoms with Crippen LogP contribution >= 0.6 is 0 Å². The van der Waals surface area contributed by atoms with Gasteiger partial charge in [-0.15, -0.1) is 0 Å². The molecule has 2 aromatic carbocycles. The molecule has 0 atom stereocenters. The van der Waals surface area contributed by atoms with E-state index in [0.29, 0.717) is 19.8 Å². The van der Waals surface area contributed by atoms with Crippen LogP contribution in [-0.2, 0) is 20.8 Å². The summed E-state index contributed by atoms with van der Waals surface area (Å²) >= 11 is 0. The van der Waals surface area contributed by atoms with Crippen LogP contribution in [0.4, 0.5) is 5.69 Å². The number of carbonyl (C=O) groups excluding carboxylic acids is 1. The third-order valence-corrected chi connectivity index (χ3v) is 6.09. The van der Waals surface area contributed by atoms with Gasteiger partial charge >= 0.3 is 0 Å². The topological polar surface area (TPSA) is 54.0 Å². The van der Waals surface area contributed by atoms with Gasteiger partial charge in [-0.3, -0.25) is 14.6 Å². The smallest absolute Gasteiger partial charge is 0.238 e. The molecule has 0 unspecified atom stereocenters. The van der Waals surface area contributed by atoms with Crippen LogP contribution in [-0.4, -0.2) is 61.6 Å². The number of carbonyl (C=O) groups is 1. The molecule has 3 rings (SSSR count). The summed E-state index contributed by atoms with van der Waals surface area (Å²) in [5.41, 5.74) is 5.49. The summed E-state index contributed by atoms with van der Waals surface area (Å²) in [6, 6.07) is 14.6. The molecule has 1 N–H and O–H groups in total. The molecule has 0 saturated carbocycles. The number of hydrogen-bond donors (Lipinski definition) is 1. The lowest BCUT2D eigenvalue weighted by Gasteiger charge is -2.22. The number of aryl methyl sites for hydroxylation is 2. The van der Waals surface area contributed by atoms with Crippen molar-refractivity contribution in [2.75, 3.05) is 51.3 Å². The minimum Gasteiger partial charge on any atom is -0.349 e. The van der Waals surface area contributed by atoms with E-state index in [4.69, 9.17) is 9.47 Å². The molecule has 0 aromatic heterocycles. The summed E-state index contributed by atoms with van der Waals surface area (Å²) in [5, 5.41) is 3.11. The van der Waals surface area contributed by atoms with Gasteiger partial charge in [-0.25, -0.2) is 0 Å².